The molecule has 19 heavy (non-hydrogen) atoms. The van der Waals surface area contributed by atoms with E-state index in [1.54, 1.807) is 6.92 Å². The highest BCUT2D eigenvalue weighted by atomic mass is 32.2. The number of nitrogens with zero attached hydrogens (tertiary/aromatic N) is 3. The predicted molar refractivity (Wildman–Crippen MR) is 64.2 cm³/mol. The Morgan fingerprint density at radius 1 is 1.53 bits per heavy atom. The molecule has 2 rings (SSSR count). The maximum Gasteiger partial charge on any atom is 0.345 e. The van der Waals surface area contributed by atoms with Crippen LogP contribution in [-0.4, -0.2) is 40.1 Å². The average molecular weight is 303 g/mol. The highest BCUT2D eigenvalue weighted by molar-refractivity contribution is 7.91. The van der Waals surface area contributed by atoms with Crippen molar-refractivity contribution in [2.45, 2.75) is 17.2 Å². The van der Waals surface area contributed by atoms with E-state index < -0.39 is 22.0 Å². The number of carboxylic acids is 1. The number of hydrogen-bond donors (Lipinski definition) is 3. The molecule has 0 radical (unpaired) electrons. The standard InChI is InChI=1S/C8H9N5O4S2/c1-4(7-9-12-13-10-7)11-19(16,17)6-3-2-5(18-6)8(14)15/h2-4,11H,1H3,(H,14,15)(H,9,10,12,13). The first-order valence-corrected chi connectivity index (χ1v) is 7.29. The fraction of sp³-hybridized carbons (Fsp3) is 0.250. The highest BCUT2D eigenvalue weighted by Gasteiger charge is 2.23. The van der Waals surface area contributed by atoms with Crippen LogP contribution < -0.4 is 4.72 Å². The van der Waals surface area contributed by atoms with Gasteiger partial charge in [-0.3, -0.25) is 0 Å². The van der Waals surface area contributed by atoms with Crippen molar-refractivity contribution in [2.75, 3.05) is 0 Å². The molecule has 0 fully saturated rings. The Kier molecular flexibility index (Phi) is 3.59. The van der Waals surface area contributed by atoms with Crippen LogP contribution in [0.5, 0.6) is 0 Å². The first-order chi connectivity index (χ1) is 8.90. The molecule has 1 unspecified atom stereocenters. The Morgan fingerprint density at radius 3 is 2.79 bits per heavy atom. The van der Waals surface area contributed by atoms with Gasteiger partial charge in [-0.1, -0.05) is 5.21 Å². The first kappa shape index (κ1) is 13.6. The van der Waals surface area contributed by atoms with Gasteiger partial charge in [0.15, 0.2) is 5.82 Å². The van der Waals surface area contributed by atoms with Crippen LogP contribution in [0.4, 0.5) is 0 Å². The fourth-order valence-electron chi connectivity index (χ4n) is 1.28. The molecule has 2 heterocycles. The Hall–Kier alpha value is -1.85. The number of thiophene rings is 1. The van der Waals surface area contributed by atoms with Gasteiger partial charge in [0.2, 0.25) is 0 Å². The molecule has 0 aliphatic heterocycles. The number of aromatic nitrogens is 4. The van der Waals surface area contributed by atoms with Crippen molar-refractivity contribution >= 4 is 27.3 Å². The lowest BCUT2D eigenvalue weighted by Crippen LogP contribution is -2.27. The van der Waals surface area contributed by atoms with Crippen molar-refractivity contribution in [3.05, 3.63) is 22.8 Å². The Labute approximate surface area is 111 Å². The summed E-state index contributed by atoms with van der Waals surface area (Å²) in [6, 6.07) is 1.79. The molecule has 0 aromatic carbocycles. The number of carboxylic acid groups (broad SMARTS) is 1. The normalized spacial score (nSPS) is 13.3. The van der Waals surface area contributed by atoms with Crippen LogP contribution in [0.15, 0.2) is 16.3 Å². The molecular formula is C8H9N5O4S2. The summed E-state index contributed by atoms with van der Waals surface area (Å²) in [5, 5.41) is 21.6. The van der Waals surface area contributed by atoms with Crippen molar-refractivity contribution in [3.63, 3.8) is 0 Å². The van der Waals surface area contributed by atoms with Gasteiger partial charge in [0.25, 0.3) is 10.0 Å². The van der Waals surface area contributed by atoms with Crippen LogP contribution >= 0.6 is 11.3 Å². The van der Waals surface area contributed by atoms with Gasteiger partial charge in [0.05, 0.1) is 6.04 Å². The molecule has 11 heteroatoms. The van der Waals surface area contributed by atoms with Crippen molar-refractivity contribution in [1.29, 1.82) is 0 Å². The number of sulfonamides is 1. The molecule has 1 atom stereocenters. The molecule has 0 bridgehead atoms. The number of nitrogens with one attached hydrogen (secondary N) is 2. The number of carbonyl (C=O) groups is 1. The maximum absolute atomic E-state index is 12.0. The van der Waals surface area contributed by atoms with Gasteiger partial charge in [-0.15, -0.1) is 21.5 Å². The smallest absolute Gasteiger partial charge is 0.345 e. The lowest BCUT2D eigenvalue weighted by atomic mass is 10.4. The van der Waals surface area contributed by atoms with Crippen LogP contribution in [0.25, 0.3) is 0 Å². The summed E-state index contributed by atoms with van der Waals surface area (Å²) in [4.78, 5) is 10.7. The van der Waals surface area contributed by atoms with Gasteiger partial charge in [-0.2, -0.15) is 9.94 Å². The fourth-order valence-corrected chi connectivity index (χ4v) is 3.64. The molecule has 0 saturated carbocycles. The molecule has 2 aromatic rings. The Balaban J connectivity index is 2.20. The van der Waals surface area contributed by atoms with E-state index in [0.717, 1.165) is 0 Å². The zero-order valence-corrected chi connectivity index (χ0v) is 11.2. The first-order valence-electron chi connectivity index (χ1n) is 4.99. The largest absolute Gasteiger partial charge is 0.477 e. The van der Waals surface area contributed by atoms with Crippen molar-refractivity contribution < 1.29 is 18.3 Å². The second-order valence-corrected chi connectivity index (χ2v) is 6.56. The summed E-state index contributed by atoms with van der Waals surface area (Å²) in [7, 11) is -3.81. The lowest BCUT2D eigenvalue weighted by Gasteiger charge is -2.08. The SMILES string of the molecule is CC(NS(=O)(=O)c1ccc(C(=O)O)s1)c1nn[nH]n1. The number of aromatic amines is 1. The number of H-pyrrole nitrogens is 1. The van der Waals surface area contributed by atoms with E-state index in [4.69, 9.17) is 5.11 Å². The minimum atomic E-state index is -3.81. The number of rotatable bonds is 5. The van der Waals surface area contributed by atoms with Gasteiger partial charge >= 0.3 is 5.97 Å². The van der Waals surface area contributed by atoms with Gasteiger partial charge in [0, 0.05) is 0 Å². The summed E-state index contributed by atoms with van der Waals surface area (Å²) in [5.74, 6) is -0.976. The summed E-state index contributed by atoms with van der Waals surface area (Å²) >= 11 is 0.673. The second-order valence-electron chi connectivity index (χ2n) is 3.54. The third kappa shape index (κ3) is 2.94. The molecule has 0 saturated heterocycles. The minimum Gasteiger partial charge on any atom is -0.477 e. The Bertz CT molecular complexity index is 678. The van der Waals surface area contributed by atoms with Gasteiger partial charge < -0.3 is 5.11 Å². The van der Waals surface area contributed by atoms with E-state index >= 15 is 0 Å². The van der Waals surface area contributed by atoms with Gasteiger partial charge in [-0.25, -0.2) is 13.2 Å². The third-order valence-corrected chi connectivity index (χ3v) is 5.24. The summed E-state index contributed by atoms with van der Waals surface area (Å²) in [6.07, 6.45) is 0. The zero-order chi connectivity index (χ0) is 14.0. The van der Waals surface area contributed by atoms with Gasteiger partial charge in [-0.05, 0) is 19.1 Å². The average Bonchev–Trinajstić information content (AvgIpc) is 3.00. The van der Waals surface area contributed by atoms with Crippen molar-refractivity contribution in [1.82, 2.24) is 25.3 Å². The predicted octanol–water partition coefficient (Wildman–Crippen LogP) is -0.00110. The number of hydrogen-bond acceptors (Lipinski definition) is 7. The molecule has 0 aliphatic rings. The topological polar surface area (TPSA) is 138 Å². The number of tetrazole rings is 1. The van der Waals surface area contributed by atoms with E-state index in [1.165, 1.54) is 12.1 Å². The minimum absolute atomic E-state index is 0.0485. The van der Waals surface area contributed by atoms with Crippen LogP contribution in [0.3, 0.4) is 0 Å². The monoisotopic (exact) mass is 303 g/mol. The zero-order valence-electron chi connectivity index (χ0n) is 9.56. The van der Waals surface area contributed by atoms with E-state index in [0.29, 0.717) is 11.3 Å². The molecule has 0 aliphatic carbocycles. The van der Waals surface area contributed by atoms with E-state index in [1.807, 2.05) is 0 Å². The molecule has 3 N–H and O–H groups in total. The van der Waals surface area contributed by atoms with Crippen LogP contribution in [-0.2, 0) is 10.0 Å². The molecular weight excluding hydrogens is 294 g/mol. The molecule has 9 nitrogen and oxygen atoms in total. The molecule has 102 valence electrons. The third-order valence-electron chi connectivity index (χ3n) is 2.14. The lowest BCUT2D eigenvalue weighted by molar-refractivity contribution is 0.0702. The maximum atomic E-state index is 12.0. The quantitative estimate of drug-likeness (QED) is 0.706. The molecule has 0 amide bonds. The summed E-state index contributed by atoms with van der Waals surface area (Å²) in [5.41, 5.74) is 0. The van der Waals surface area contributed by atoms with Gasteiger partial charge in [0.1, 0.15) is 9.09 Å². The second kappa shape index (κ2) is 5.03. The molecule has 0 spiro atoms. The summed E-state index contributed by atoms with van der Waals surface area (Å²) < 4.78 is 26.2. The summed E-state index contributed by atoms with van der Waals surface area (Å²) in [6.45, 7) is 1.55. The van der Waals surface area contributed by atoms with Crippen molar-refractivity contribution in [2.24, 2.45) is 0 Å². The van der Waals surface area contributed by atoms with Crippen LogP contribution in [0.2, 0.25) is 0 Å². The highest BCUT2D eigenvalue weighted by Crippen LogP contribution is 2.22. The molecule has 2 aromatic heterocycles. The van der Waals surface area contributed by atoms with Crippen molar-refractivity contribution in [3.8, 4) is 0 Å². The van der Waals surface area contributed by atoms with Crippen LogP contribution in [0, 0.1) is 0 Å². The van der Waals surface area contributed by atoms with E-state index in [2.05, 4.69) is 25.3 Å². The van der Waals surface area contributed by atoms with Crippen LogP contribution in [0.1, 0.15) is 28.5 Å². The Morgan fingerprint density at radius 2 is 2.26 bits per heavy atom. The number of aromatic carboxylic acids is 1. The van der Waals surface area contributed by atoms with E-state index in [9.17, 15) is 13.2 Å². The van der Waals surface area contributed by atoms with E-state index in [-0.39, 0.29) is 14.9 Å².